The van der Waals surface area contributed by atoms with Gasteiger partial charge in [0.15, 0.2) is 0 Å². The average molecular weight is 314 g/mol. The van der Waals surface area contributed by atoms with E-state index < -0.39 is 0 Å². The molecule has 0 saturated carbocycles. The average Bonchev–Trinajstić information content (AvgIpc) is 2.23. The minimum atomic E-state index is -0.326. The molecule has 0 unspecified atom stereocenters. The molecule has 2 N–H and O–H groups in total. The van der Waals surface area contributed by atoms with Gasteiger partial charge < -0.3 is 10.6 Å². The van der Waals surface area contributed by atoms with Crippen LogP contribution in [0, 0.1) is 0 Å². The lowest BCUT2D eigenvalue weighted by atomic mass is 10.1. The van der Waals surface area contributed by atoms with Crippen molar-refractivity contribution in [3.8, 4) is 0 Å². The third-order valence-electron chi connectivity index (χ3n) is 1.89. The van der Waals surface area contributed by atoms with E-state index in [2.05, 4.69) is 31.5 Å². The van der Waals surface area contributed by atoms with E-state index in [9.17, 15) is 9.59 Å². The summed E-state index contributed by atoms with van der Waals surface area (Å²) in [5, 5.41) is 5.30. The highest BCUT2D eigenvalue weighted by molar-refractivity contribution is 9.10. The van der Waals surface area contributed by atoms with Gasteiger partial charge >= 0.3 is 0 Å². The van der Waals surface area contributed by atoms with Crippen LogP contribution in [0.5, 0.6) is 0 Å². The fourth-order valence-electron chi connectivity index (χ4n) is 1.26. The van der Waals surface area contributed by atoms with Crippen LogP contribution in [0.25, 0.3) is 0 Å². The predicted molar refractivity (Wildman–Crippen MR) is 72.2 cm³/mol. The van der Waals surface area contributed by atoms with Crippen molar-refractivity contribution in [1.82, 2.24) is 15.6 Å². The van der Waals surface area contributed by atoms with E-state index in [0.717, 1.165) is 0 Å². The van der Waals surface area contributed by atoms with Crippen LogP contribution in [-0.4, -0.2) is 28.9 Å². The zero-order valence-electron chi connectivity index (χ0n) is 10.6. The van der Waals surface area contributed by atoms with Gasteiger partial charge in [0.25, 0.3) is 5.91 Å². The van der Waals surface area contributed by atoms with Gasteiger partial charge in [-0.05, 0) is 42.8 Å². The normalized spacial score (nSPS) is 10.9. The van der Waals surface area contributed by atoms with Crippen molar-refractivity contribution in [3.05, 3.63) is 28.5 Å². The van der Waals surface area contributed by atoms with Gasteiger partial charge in [0, 0.05) is 22.4 Å². The Labute approximate surface area is 114 Å². The standard InChI is InChI=1S/C12H16BrN3O2/c1-12(2,3)16-10(17)7-15-11(18)8-4-9(13)6-14-5-8/h4-6H,7H2,1-3H3,(H,15,18)(H,16,17). The molecule has 6 heteroatoms. The third-order valence-corrected chi connectivity index (χ3v) is 2.32. The predicted octanol–water partition coefficient (Wildman–Crippen LogP) is 1.49. The number of amides is 2. The van der Waals surface area contributed by atoms with Crippen LogP contribution in [0.3, 0.4) is 0 Å². The molecule has 0 saturated heterocycles. The number of halogens is 1. The summed E-state index contributed by atoms with van der Waals surface area (Å²) in [6.07, 6.45) is 3.03. The van der Waals surface area contributed by atoms with Crippen molar-refractivity contribution in [2.24, 2.45) is 0 Å². The lowest BCUT2D eigenvalue weighted by Gasteiger charge is -2.20. The number of aromatic nitrogens is 1. The van der Waals surface area contributed by atoms with Crippen LogP contribution in [0.4, 0.5) is 0 Å². The summed E-state index contributed by atoms with van der Waals surface area (Å²) >= 11 is 3.23. The lowest BCUT2D eigenvalue weighted by molar-refractivity contribution is -0.121. The molecule has 0 aliphatic rings. The molecule has 0 aliphatic heterocycles. The molecule has 1 aromatic heterocycles. The first kappa shape index (κ1) is 14.6. The van der Waals surface area contributed by atoms with Crippen LogP contribution in [0.1, 0.15) is 31.1 Å². The quantitative estimate of drug-likeness (QED) is 0.888. The number of carbonyl (C=O) groups is 2. The molecule has 0 radical (unpaired) electrons. The molecule has 2 amide bonds. The molecule has 98 valence electrons. The van der Waals surface area contributed by atoms with Gasteiger partial charge in [-0.1, -0.05) is 0 Å². The van der Waals surface area contributed by atoms with Crippen molar-refractivity contribution in [3.63, 3.8) is 0 Å². The summed E-state index contributed by atoms with van der Waals surface area (Å²) in [6, 6.07) is 1.64. The van der Waals surface area contributed by atoms with Gasteiger partial charge in [-0.2, -0.15) is 0 Å². The Morgan fingerprint density at radius 3 is 2.56 bits per heavy atom. The summed E-state index contributed by atoms with van der Waals surface area (Å²) in [5.41, 5.74) is 0.104. The second kappa shape index (κ2) is 5.95. The van der Waals surface area contributed by atoms with Crippen LogP contribution < -0.4 is 10.6 Å². The molecule has 1 heterocycles. The summed E-state index contributed by atoms with van der Waals surface area (Å²) in [7, 11) is 0. The Morgan fingerprint density at radius 1 is 1.33 bits per heavy atom. The number of hydrogen-bond donors (Lipinski definition) is 2. The van der Waals surface area contributed by atoms with Crippen LogP contribution >= 0.6 is 15.9 Å². The fraction of sp³-hybridized carbons (Fsp3) is 0.417. The number of rotatable bonds is 3. The molecule has 0 aromatic carbocycles. The van der Waals surface area contributed by atoms with E-state index in [4.69, 9.17) is 0 Å². The maximum atomic E-state index is 11.7. The van der Waals surface area contributed by atoms with Crippen molar-refractivity contribution >= 4 is 27.7 Å². The minimum absolute atomic E-state index is 0.0530. The van der Waals surface area contributed by atoms with Crippen LogP contribution in [0.15, 0.2) is 22.9 Å². The smallest absolute Gasteiger partial charge is 0.253 e. The molecule has 0 aliphatic carbocycles. The fourth-order valence-corrected chi connectivity index (χ4v) is 1.63. The minimum Gasteiger partial charge on any atom is -0.350 e. The van der Waals surface area contributed by atoms with E-state index in [-0.39, 0.29) is 23.9 Å². The molecule has 18 heavy (non-hydrogen) atoms. The number of nitrogens with one attached hydrogen (secondary N) is 2. The number of nitrogens with zero attached hydrogens (tertiary/aromatic N) is 1. The molecule has 1 rings (SSSR count). The lowest BCUT2D eigenvalue weighted by Crippen LogP contribution is -2.45. The third kappa shape index (κ3) is 5.27. The Hall–Kier alpha value is -1.43. The van der Waals surface area contributed by atoms with Crippen molar-refractivity contribution < 1.29 is 9.59 Å². The van der Waals surface area contributed by atoms with Crippen molar-refractivity contribution in [2.45, 2.75) is 26.3 Å². The summed E-state index contributed by atoms with van der Waals surface area (Å²) in [6.45, 7) is 5.59. The molecular weight excluding hydrogens is 298 g/mol. The highest BCUT2D eigenvalue weighted by Gasteiger charge is 2.14. The number of carbonyl (C=O) groups excluding carboxylic acids is 2. The monoisotopic (exact) mass is 313 g/mol. The topological polar surface area (TPSA) is 71.1 Å². The highest BCUT2D eigenvalue weighted by atomic mass is 79.9. The molecular formula is C12H16BrN3O2. The zero-order valence-corrected chi connectivity index (χ0v) is 12.2. The van der Waals surface area contributed by atoms with E-state index in [0.29, 0.717) is 10.0 Å². The molecule has 0 atom stereocenters. The molecule has 0 spiro atoms. The summed E-state index contributed by atoms with van der Waals surface area (Å²) in [4.78, 5) is 27.1. The highest BCUT2D eigenvalue weighted by Crippen LogP contribution is 2.09. The molecule has 0 fully saturated rings. The maximum Gasteiger partial charge on any atom is 0.253 e. The van der Waals surface area contributed by atoms with Gasteiger partial charge in [0.05, 0.1) is 12.1 Å². The zero-order chi connectivity index (χ0) is 13.8. The maximum absolute atomic E-state index is 11.7. The first-order valence-corrected chi connectivity index (χ1v) is 6.27. The van der Waals surface area contributed by atoms with Crippen molar-refractivity contribution in [1.29, 1.82) is 0 Å². The summed E-state index contributed by atoms with van der Waals surface area (Å²) in [5.74, 6) is -0.549. The summed E-state index contributed by atoms with van der Waals surface area (Å²) < 4.78 is 0.717. The molecule has 5 nitrogen and oxygen atoms in total. The first-order valence-electron chi connectivity index (χ1n) is 5.48. The van der Waals surface area contributed by atoms with E-state index >= 15 is 0 Å². The van der Waals surface area contributed by atoms with Gasteiger partial charge in [0.1, 0.15) is 0 Å². The Kier molecular flexibility index (Phi) is 4.84. The van der Waals surface area contributed by atoms with Gasteiger partial charge in [-0.15, -0.1) is 0 Å². The van der Waals surface area contributed by atoms with E-state index in [1.165, 1.54) is 6.20 Å². The van der Waals surface area contributed by atoms with Crippen LogP contribution in [-0.2, 0) is 4.79 Å². The van der Waals surface area contributed by atoms with Crippen LogP contribution in [0.2, 0.25) is 0 Å². The molecule has 0 bridgehead atoms. The van der Waals surface area contributed by atoms with Crippen molar-refractivity contribution in [2.75, 3.05) is 6.54 Å². The Morgan fingerprint density at radius 2 is 2.00 bits per heavy atom. The van der Waals surface area contributed by atoms with E-state index in [1.54, 1.807) is 12.3 Å². The number of hydrogen-bond acceptors (Lipinski definition) is 3. The second-order valence-electron chi connectivity index (χ2n) is 4.87. The first-order chi connectivity index (χ1) is 8.28. The number of pyridine rings is 1. The second-order valence-corrected chi connectivity index (χ2v) is 5.79. The molecule has 1 aromatic rings. The van der Waals surface area contributed by atoms with E-state index in [1.807, 2.05) is 20.8 Å². The Balaban J connectivity index is 2.49. The van der Waals surface area contributed by atoms with Gasteiger partial charge in [-0.3, -0.25) is 14.6 Å². The van der Waals surface area contributed by atoms with Gasteiger partial charge in [0.2, 0.25) is 5.91 Å². The largest absolute Gasteiger partial charge is 0.350 e. The van der Waals surface area contributed by atoms with Gasteiger partial charge in [-0.25, -0.2) is 0 Å². The SMILES string of the molecule is CC(C)(C)NC(=O)CNC(=O)c1cncc(Br)c1. The Bertz CT molecular complexity index is 455.